The van der Waals surface area contributed by atoms with E-state index in [0.717, 1.165) is 0 Å². The highest BCUT2D eigenvalue weighted by molar-refractivity contribution is 7.71. The van der Waals surface area contributed by atoms with Gasteiger partial charge in [-0.25, -0.2) is 0 Å². The van der Waals surface area contributed by atoms with Crippen molar-refractivity contribution in [2.75, 3.05) is 0 Å². The van der Waals surface area contributed by atoms with Crippen LogP contribution in [-0.4, -0.2) is 46.2 Å². The zero-order valence-electron chi connectivity index (χ0n) is 14.6. The maximum absolute atomic E-state index is 15.8. The van der Waals surface area contributed by atoms with E-state index in [2.05, 4.69) is 0 Å². The second-order valence-corrected chi connectivity index (χ2v) is 54.7. The third-order valence-electron chi connectivity index (χ3n) is 5.54. The van der Waals surface area contributed by atoms with Gasteiger partial charge in [-0.2, -0.15) is 0 Å². The van der Waals surface area contributed by atoms with E-state index in [-0.39, 0.29) is 0 Å². The normalized spacial score (nSPS) is 42.6. The van der Waals surface area contributed by atoms with Gasteiger partial charge in [0.2, 0.25) is 0 Å². The van der Waals surface area contributed by atoms with Crippen molar-refractivity contribution in [2.45, 2.75) is 65.5 Å². The van der Waals surface area contributed by atoms with E-state index < -0.39 is 46.2 Å². The summed E-state index contributed by atoms with van der Waals surface area (Å²) in [6.45, 7) is 19.2. The van der Waals surface area contributed by atoms with E-state index in [0.29, 0.717) is 0 Å². The van der Waals surface area contributed by atoms with Crippen LogP contribution in [0.5, 0.6) is 0 Å². The highest BCUT2D eigenvalue weighted by Crippen LogP contribution is 2.43. The molecular weight excluding hydrogens is 359 g/mol. The molecule has 0 radical (unpaired) electrons. The fraction of sp³-hybridized carbons (Fsp3) is 1.00. The molecule has 0 aromatic rings. The van der Waals surface area contributed by atoms with Crippen LogP contribution in [0.3, 0.4) is 0 Å². The van der Waals surface area contributed by atoms with Gasteiger partial charge >= 0.3 is 0 Å². The van der Waals surface area contributed by atoms with Crippen LogP contribution in [-0.2, 0) is 8.23 Å². The predicted octanol–water partition coefficient (Wildman–Crippen LogP) is 4.26. The van der Waals surface area contributed by atoms with Gasteiger partial charge in [0.05, 0.1) is 0 Å². The molecule has 120 valence electrons. The quantitative estimate of drug-likeness (QED) is 0.456. The lowest BCUT2D eigenvalue weighted by molar-refractivity contribution is 0.535. The molecule has 0 atom stereocenters. The maximum atomic E-state index is 15.8. The standard InChI is InChI=1S/C10H30F2O2Si6/c1-15(2)13-16(3,4)20(10,12)18(7,8)14-17(5,6)19(15,9)11/h1-10H3. The van der Waals surface area contributed by atoms with Crippen molar-refractivity contribution in [1.82, 2.24) is 0 Å². The van der Waals surface area contributed by atoms with Gasteiger partial charge in [0.1, 0.15) is 0 Å². The van der Waals surface area contributed by atoms with Crippen LogP contribution in [0.25, 0.3) is 0 Å². The van der Waals surface area contributed by atoms with Gasteiger partial charge in [0.25, 0.3) is 14.9 Å². The van der Waals surface area contributed by atoms with Crippen molar-refractivity contribution < 1.29 is 16.4 Å². The first-order valence-corrected chi connectivity index (χ1v) is 27.6. The average molecular weight is 389 g/mol. The van der Waals surface area contributed by atoms with Crippen LogP contribution in [0, 0.1) is 0 Å². The van der Waals surface area contributed by atoms with E-state index in [4.69, 9.17) is 8.23 Å². The van der Waals surface area contributed by atoms with Gasteiger partial charge in [0.15, 0.2) is 31.3 Å². The summed E-state index contributed by atoms with van der Waals surface area (Å²) in [5, 5.41) is 0. The fourth-order valence-corrected chi connectivity index (χ4v) is 77.5. The number of hydrogen-bond acceptors (Lipinski definition) is 2. The molecule has 0 aromatic heterocycles. The van der Waals surface area contributed by atoms with E-state index >= 15 is 8.22 Å². The fourth-order valence-electron chi connectivity index (χ4n) is 3.11. The van der Waals surface area contributed by atoms with Crippen molar-refractivity contribution in [1.29, 1.82) is 0 Å². The van der Waals surface area contributed by atoms with Crippen LogP contribution >= 0.6 is 0 Å². The van der Waals surface area contributed by atoms with E-state index in [1.165, 1.54) is 0 Å². The Kier molecular flexibility index (Phi) is 4.58. The summed E-state index contributed by atoms with van der Waals surface area (Å²) in [5.41, 5.74) is 0. The Hall–Kier alpha value is 1.08. The molecule has 0 bridgehead atoms. The lowest BCUT2D eigenvalue weighted by Gasteiger charge is -2.55. The monoisotopic (exact) mass is 388 g/mol. The molecule has 1 heterocycles. The topological polar surface area (TPSA) is 18.5 Å². The smallest absolute Gasteiger partial charge is 0.276 e. The summed E-state index contributed by atoms with van der Waals surface area (Å²) in [7, 11) is -16.4. The predicted molar refractivity (Wildman–Crippen MR) is 97.6 cm³/mol. The molecule has 0 spiro atoms. The lowest BCUT2D eigenvalue weighted by Crippen LogP contribution is -2.84. The minimum atomic E-state index is -3.11. The minimum absolute atomic E-state index is 1.78. The highest BCUT2D eigenvalue weighted by Gasteiger charge is 2.72. The van der Waals surface area contributed by atoms with Gasteiger partial charge in [-0.15, -0.1) is 0 Å². The Labute approximate surface area is 128 Å². The molecule has 0 N–H and O–H groups in total. The van der Waals surface area contributed by atoms with E-state index in [9.17, 15) is 0 Å². The molecule has 20 heavy (non-hydrogen) atoms. The molecule has 0 unspecified atom stereocenters. The Morgan fingerprint density at radius 1 is 0.450 bits per heavy atom. The van der Waals surface area contributed by atoms with Crippen molar-refractivity contribution in [3.05, 3.63) is 0 Å². The van der Waals surface area contributed by atoms with Crippen molar-refractivity contribution in [3.8, 4) is 0 Å². The molecule has 10 heteroatoms. The van der Waals surface area contributed by atoms with Gasteiger partial charge in [-0.1, -0.05) is 0 Å². The van der Waals surface area contributed by atoms with Crippen LogP contribution in [0.2, 0.25) is 65.5 Å². The summed E-state index contributed by atoms with van der Waals surface area (Å²) in [6.07, 6.45) is 0. The number of hydrogen-bond donors (Lipinski definition) is 0. The maximum Gasteiger partial charge on any atom is 0.276 e. The first-order valence-electron chi connectivity index (χ1n) is 7.19. The van der Waals surface area contributed by atoms with Crippen LogP contribution in [0.15, 0.2) is 0 Å². The van der Waals surface area contributed by atoms with Gasteiger partial charge in [-0.05, 0) is 65.5 Å². The van der Waals surface area contributed by atoms with Crippen molar-refractivity contribution >= 4 is 46.2 Å². The third kappa shape index (κ3) is 2.59. The number of halogens is 2. The molecular formula is C10H30F2O2Si6. The first kappa shape index (κ1) is 19.1. The minimum Gasteiger partial charge on any atom is -0.456 e. The molecule has 2 nitrogen and oxygen atoms in total. The SMILES string of the molecule is C[Si]1(C)O[Si](C)(C)[Si](C)(F)[Si](C)(C)O[Si](C)(C)[Si]1(C)F. The molecule has 1 saturated heterocycles. The van der Waals surface area contributed by atoms with Crippen LogP contribution in [0.4, 0.5) is 8.22 Å². The van der Waals surface area contributed by atoms with Crippen LogP contribution < -0.4 is 0 Å². The molecule has 1 aliphatic heterocycles. The molecule has 0 saturated carbocycles. The molecule has 1 fully saturated rings. The van der Waals surface area contributed by atoms with Crippen molar-refractivity contribution in [3.63, 3.8) is 0 Å². The van der Waals surface area contributed by atoms with Crippen molar-refractivity contribution in [2.24, 2.45) is 0 Å². The molecule has 0 aliphatic carbocycles. The Morgan fingerprint density at radius 2 is 0.600 bits per heavy atom. The molecule has 0 amide bonds. The summed E-state index contributed by atoms with van der Waals surface area (Å²) in [4.78, 5) is 0. The highest BCUT2D eigenvalue weighted by atomic mass is 29.7. The third-order valence-corrected chi connectivity index (χ3v) is 75.2. The van der Waals surface area contributed by atoms with Gasteiger partial charge in [0, 0.05) is 0 Å². The molecule has 1 rings (SSSR count). The van der Waals surface area contributed by atoms with Gasteiger partial charge < -0.3 is 16.4 Å². The second kappa shape index (κ2) is 4.79. The Morgan fingerprint density at radius 3 is 0.750 bits per heavy atom. The van der Waals surface area contributed by atoms with Gasteiger partial charge in [-0.3, -0.25) is 0 Å². The molecule has 0 aromatic carbocycles. The summed E-state index contributed by atoms with van der Waals surface area (Å²) >= 11 is 0. The van der Waals surface area contributed by atoms with Crippen LogP contribution in [0.1, 0.15) is 0 Å². The molecule has 1 aliphatic rings. The average Bonchev–Trinajstić information content (AvgIpc) is 2.11. The largest absolute Gasteiger partial charge is 0.456 e. The Bertz CT molecular complexity index is 339. The number of rotatable bonds is 0. The second-order valence-electron chi connectivity index (χ2n) is 8.25. The first-order chi connectivity index (χ1) is 8.41. The van der Waals surface area contributed by atoms with E-state index in [1.807, 2.05) is 52.4 Å². The lowest BCUT2D eigenvalue weighted by atomic mass is 11.9. The van der Waals surface area contributed by atoms with E-state index in [1.54, 1.807) is 13.1 Å². The zero-order chi connectivity index (χ0) is 16.4. The Balaban J connectivity index is 3.53. The summed E-state index contributed by atoms with van der Waals surface area (Å²) in [6, 6.07) is 0. The zero-order valence-corrected chi connectivity index (χ0v) is 20.6. The summed E-state index contributed by atoms with van der Waals surface area (Å²) in [5.74, 6) is 0. The summed E-state index contributed by atoms with van der Waals surface area (Å²) < 4.78 is 44.3.